The average Bonchev–Trinajstić information content (AvgIpc) is 3.35. The highest BCUT2D eigenvalue weighted by molar-refractivity contribution is 5.96. The quantitative estimate of drug-likeness (QED) is 0.510. The molecular weight excluding hydrogens is 454 g/mol. The molecule has 1 saturated heterocycles. The minimum Gasteiger partial charge on any atom is -0.481 e. The van der Waals surface area contributed by atoms with E-state index >= 15 is 0 Å². The zero-order chi connectivity index (χ0) is 24.5. The lowest BCUT2D eigenvalue weighted by atomic mass is 9.76. The number of hydrogen-bond acceptors (Lipinski definition) is 5. The van der Waals surface area contributed by atoms with Gasteiger partial charge in [0, 0.05) is 24.9 Å². The molecule has 0 spiro atoms. The number of ether oxygens (including phenoxy) is 2. The Morgan fingerprint density at radius 2 is 1.64 bits per heavy atom. The van der Waals surface area contributed by atoms with Gasteiger partial charge in [0.25, 0.3) is 5.91 Å². The van der Waals surface area contributed by atoms with Gasteiger partial charge in [0.05, 0.1) is 19.3 Å². The molecule has 3 aliphatic rings. The summed E-state index contributed by atoms with van der Waals surface area (Å²) in [4.78, 5) is 33.6. The van der Waals surface area contributed by atoms with Crippen molar-refractivity contribution in [2.75, 3.05) is 19.8 Å². The fraction of sp³-hybridized carbons (Fsp3) is 0.414. The zero-order valence-electron chi connectivity index (χ0n) is 20.4. The normalized spacial score (nSPS) is 19.1. The third kappa shape index (κ3) is 4.11. The Hall–Kier alpha value is -3.45. The maximum atomic E-state index is 13.8. The second-order valence-electron chi connectivity index (χ2n) is 10.2. The van der Waals surface area contributed by atoms with Gasteiger partial charge in [-0.05, 0) is 24.0 Å². The molecule has 3 heterocycles. The minimum absolute atomic E-state index is 0.0467. The summed E-state index contributed by atoms with van der Waals surface area (Å²) >= 11 is 0. The van der Waals surface area contributed by atoms with E-state index in [1.54, 1.807) is 0 Å². The lowest BCUT2D eigenvalue weighted by Crippen LogP contribution is -2.56. The first-order valence-electron chi connectivity index (χ1n) is 12.9. The van der Waals surface area contributed by atoms with Gasteiger partial charge in [0.1, 0.15) is 12.4 Å². The van der Waals surface area contributed by atoms with Crippen LogP contribution in [0.1, 0.15) is 53.1 Å². The summed E-state index contributed by atoms with van der Waals surface area (Å²) in [7, 11) is 0. The third-order valence-electron chi connectivity index (χ3n) is 7.98. The van der Waals surface area contributed by atoms with Crippen molar-refractivity contribution in [3.05, 3.63) is 93.7 Å². The van der Waals surface area contributed by atoms with Crippen LogP contribution < -0.4 is 10.3 Å². The second kappa shape index (κ2) is 9.54. The molecule has 2 aromatic carbocycles. The van der Waals surface area contributed by atoms with Gasteiger partial charge < -0.3 is 18.9 Å². The Labute approximate surface area is 210 Å². The van der Waals surface area contributed by atoms with Gasteiger partial charge in [0.15, 0.2) is 5.69 Å². The molecule has 2 fully saturated rings. The lowest BCUT2D eigenvalue weighted by molar-refractivity contribution is -0.0576. The molecule has 0 unspecified atom stereocenters. The number of aromatic nitrogens is 2. The number of benzene rings is 2. The first kappa shape index (κ1) is 23.0. The van der Waals surface area contributed by atoms with Crippen molar-refractivity contribution in [3.63, 3.8) is 0 Å². The van der Waals surface area contributed by atoms with E-state index in [4.69, 9.17) is 9.47 Å². The van der Waals surface area contributed by atoms with E-state index in [9.17, 15) is 9.59 Å². The predicted octanol–water partition coefficient (Wildman–Crippen LogP) is 3.73. The Bertz CT molecular complexity index is 1300. The van der Waals surface area contributed by atoms with E-state index < -0.39 is 5.56 Å². The van der Waals surface area contributed by atoms with Crippen LogP contribution in [0.25, 0.3) is 0 Å². The van der Waals surface area contributed by atoms with Crippen LogP contribution in [0.2, 0.25) is 0 Å². The molecule has 7 heteroatoms. The predicted molar refractivity (Wildman–Crippen MR) is 135 cm³/mol. The van der Waals surface area contributed by atoms with Crippen LogP contribution >= 0.6 is 0 Å². The third-order valence-corrected chi connectivity index (χ3v) is 7.98. The van der Waals surface area contributed by atoms with Crippen LogP contribution in [0.5, 0.6) is 5.75 Å². The van der Waals surface area contributed by atoms with Crippen LogP contribution in [-0.2, 0) is 29.7 Å². The summed E-state index contributed by atoms with van der Waals surface area (Å²) in [5.41, 5.74) is 2.01. The summed E-state index contributed by atoms with van der Waals surface area (Å²) in [6.07, 6.45) is 5.04. The average molecular weight is 486 g/mol. The van der Waals surface area contributed by atoms with Gasteiger partial charge in [-0.2, -0.15) is 4.98 Å². The fourth-order valence-electron chi connectivity index (χ4n) is 5.94. The number of hydrogen-bond donors (Lipinski definition) is 0. The topological polar surface area (TPSA) is 73.7 Å². The molecule has 1 amide bonds. The van der Waals surface area contributed by atoms with E-state index in [2.05, 4.69) is 29.2 Å². The van der Waals surface area contributed by atoms with Crippen LogP contribution in [0, 0.1) is 0 Å². The monoisotopic (exact) mass is 485 g/mol. The summed E-state index contributed by atoms with van der Waals surface area (Å²) < 4.78 is 13.3. The van der Waals surface area contributed by atoms with Gasteiger partial charge in [-0.3, -0.25) is 9.59 Å². The number of carbonyl (C=O) groups excluding carboxylic acids is 1. The molecule has 186 valence electrons. The summed E-state index contributed by atoms with van der Waals surface area (Å²) in [6, 6.07) is 20.3. The fourth-order valence-corrected chi connectivity index (χ4v) is 5.94. The first-order valence-corrected chi connectivity index (χ1v) is 12.9. The summed E-state index contributed by atoms with van der Waals surface area (Å²) in [5.74, 6) is 0.571. The number of rotatable bonds is 7. The highest BCUT2D eigenvalue weighted by atomic mass is 16.5. The Morgan fingerprint density at radius 3 is 2.31 bits per heavy atom. The highest BCUT2D eigenvalue weighted by Gasteiger charge is 2.41. The molecule has 1 aliphatic carbocycles. The number of nitrogens with zero attached hydrogens (tertiary/aromatic N) is 3. The largest absolute Gasteiger partial charge is 0.481 e. The van der Waals surface area contributed by atoms with Crippen molar-refractivity contribution in [2.45, 2.75) is 56.7 Å². The van der Waals surface area contributed by atoms with E-state index in [0.29, 0.717) is 44.2 Å². The SMILES string of the molecule is O=C1c2c(OCc3ccccc3)c(=O)nc(CC3(c4ccccc4)CCCC3)n2CCN1C1COC1. The van der Waals surface area contributed by atoms with E-state index in [1.807, 2.05) is 45.9 Å². The molecule has 3 aromatic rings. The molecule has 0 N–H and O–H groups in total. The molecule has 0 radical (unpaired) electrons. The summed E-state index contributed by atoms with van der Waals surface area (Å²) in [5, 5.41) is 0. The van der Waals surface area contributed by atoms with Crippen molar-refractivity contribution in [2.24, 2.45) is 0 Å². The lowest BCUT2D eigenvalue weighted by Gasteiger charge is -2.41. The van der Waals surface area contributed by atoms with E-state index in [0.717, 1.165) is 31.2 Å². The van der Waals surface area contributed by atoms with Gasteiger partial charge in [-0.25, -0.2) is 0 Å². The molecule has 0 atom stereocenters. The van der Waals surface area contributed by atoms with Gasteiger partial charge >= 0.3 is 5.56 Å². The van der Waals surface area contributed by atoms with Crippen molar-refractivity contribution >= 4 is 5.91 Å². The van der Waals surface area contributed by atoms with Crippen LogP contribution in [-0.4, -0.2) is 46.2 Å². The molecule has 6 rings (SSSR count). The Kier molecular flexibility index (Phi) is 6.09. The van der Waals surface area contributed by atoms with Crippen LogP contribution in [0.4, 0.5) is 0 Å². The molecule has 36 heavy (non-hydrogen) atoms. The van der Waals surface area contributed by atoms with Crippen molar-refractivity contribution in [1.29, 1.82) is 0 Å². The highest BCUT2D eigenvalue weighted by Crippen LogP contribution is 2.43. The maximum absolute atomic E-state index is 13.8. The Morgan fingerprint density at radius 1 is 0.944 bits per heavy atom. The van der Waals surface area contributed by atoms with Crippen LogP contribution in [0.3, 0.4) is 0 Å². The maximum Gasteiger partial charge on any atom is 0.316 e. The van der Waals surface area contributed by atoms with Gasteiger partial charge in [0.2, 0.25) is 5.75 Å². The first-order chi connectivity index (χ1) is 17.6. The van der Waals surface area contributed by atoms with E-state index in [1.165, 1.54) is 5.56 Å². The standard InChI is InChI=1S/C29H31N3O4/c33-27-26(36-18-21-9-3-1-4-10-21)25-28(34)31(23-19-35-20-23)15-16-32(25)24(30-27)17-29(13-7-8-14-29)22-11-5-2-6-12-22/h1-6,9-12,23H,7-8,13-20H2. The minimum atomic E-state index is -0.464. The zero-order valence-corrected chi connectivity index (χ0v) is 20.4. The second-order valence-corrected chi connectivity index (χ2v) is 10.2. The van der Waals surface area contributed by atoms with Crippen molar-refractivity contribution in [3.8, 4) is 5.75 Å². The number of amides is 1. The number of fused-ring (bicyclic) bond motifs is 1. The molecule has 1 aromatic heterocycles. The van der Waals surface area contributed by atoms with Crippen molar-refractivity contribution < 1.29 is 14.3 Å². The van der Waals surface area contributed by atoms with Gasteiger partial charge in [-0.15, -0.1) is 0 Å². The van der Waals surface area contributed by atoms with Crippen LogP contribution in [0.15, 0.2) is 65.5 Å². The summed E-state index contributed by atoms with van der Waals surface area (Å²) in [6.45, 7) is 2.44. The Balaban J connectivity index is 1.41. The molecule has 2 aliphatic heterocycles. The molecule has 1 saturated carbocycles. The molecule has 7 nitrogen and oxygen atoms in total. The molecule has 0 bridgehead atoms. The molecular formula is C29H31N3O4. The number of carbonyl (C=O) groups is 1. The van der Waals surface area contributed by atoms with Crippen molar-refractivity contribution in [1.82, 2.24) is 14.5 Å². The smallest absolute Gasteiger partial charge is 0.316 e. The van der Waals surface area contributed by atoms with E-state index in [-0.39, 0.29) is 29.7 Å². The van der Waals surface area contributed by atoms with Gasteiger partial charge in [-0.1, -0.05) is 73.5 Å².